The van der Waals surface area contributed by atoms with Gasteiger partial charge >= 0.3 is 0 Å². The molecule has 20 heavy (non-hydrogen) atoms. The average Bonchev–Trinajstić information content (AvgIpc) is 2.46. The third-order valence-corrected chi connectivity index (χ3v) is 3.40. The van der Waals surface area contributed by atoms with Crippen LogP contribution in [0.4, 0.5) is 0 Å². The summed E-state index contributed by atoms with van der Waals surface area (Å²) in [6.45, 7) is 2.43. The van der Waals surface area contributed by atoms with Crippen LogP contribution in [0.2, 0.25) is 0 Å². The minimum Gasteiger partial charge on any atom is -0.492 e. The first-order chi connectivity index (χ1) is 9.65. The van der Waals surface area contributed by atoms with E-state index in [2.05, 4.69) is 15.9 Å². The van der Waals surface area contributed by atoms with Gasteiger partial charge in [-0.3, -0.25) is 4.79 Å². The Morgan fingerprint density at radius 1 is 1.20 bits per heavy atom. The Morgan fingerprint density at radius 2 is 1.90 bits per heavy atom. The molecule has 2 aromatic carbocycles. The number of amides is 1. The zero-order valence-electron chi connectivity index (χ0n) is 11.2. The van der Waals surface area contributed by atoms with E-state index in [9.17, 15) is 4.79 Å². The predicted octanol–water partition coefficient (Wildman–Crippen LogP) is 3.53. The maximum atomic E-state index is 11.5. The molecule has 2 N–H and O–H groups in total. The van der Waals surface area contributed by atoms with Gasteiger partial charge in [0.2, 0.25) is 0 Å². The molecule has 0 aromatic heterocycles. The van der Waals surface area contributed by atoms with Gasteiger partial charge in [-0.05, 0) is 29.7 Å². The molecule has 0 fully saturated rings. The van der Waals surface area contributed by atoms with Crippen molar-refractivity contribution in [2.45, 2.75) is 6.92 Å². The number of carbonyl (C=O) groups excluding carboxylic acids is 1. The van der Waals surface area contributed by atoms with Crippen LogP contribution >= 0.6 is 15.9 Å². The lowest BCUT2D eigenvalue weighted by atomic mass is 9.97. The Morgan fingerprint density at radius 3 is 2.50 bits per heavy atom. The molecule has 0 saturated heterocycles. The molecule has 3 nitrogen and oxygen atoms in total. The van der Waals surface area contributed by atoms with Crippen LogP contribution in [0.5, 0.6) is 5.75 Å². The van der Waals surface area contributed by atoms with Crippen molar-refractivity contribution in [2.24, 2.45) is 5.73 Å². The summed E-state index contributed by atoms with van der Waals surface area (Å²) in [5.74, 6) is 0.0931. The second kappa shape index (κ2) is 6.57. The number of carbonyl (C=O) groups is 1. The third kappa shape index (κ3) is 3.02. The van der Waals surface area contributed by atoms with Gasteiger partial charge < -0.3 is 10.5 Å². The van der Waals surface area contributed by atoms with Gasteiger partial charge in [0.15, 0.2) is 0 Å². The van der Waals surface area contributed by atoms with Gasteiger partial charge in [-0.25, -0.2) is 0 Å². The molecule has 2 aromatic rings. The van der Waals surface area contributed by atoms with Crippen LogP contribution in [-0.4, -0.2) is 17.8 Å². The number of alkyl halides is 1. The summed E-state index contributed by atoms with van der Waals surface area (Å²) >= 11 is 3.32. The molecular formula is C16H16BrNO2. The number of rotatable bonds is 5. The van der Waals surface area contributed by atoms with Crippen molar-refractivity contribution < 1.29 is 9.53 Å². The first-order valence-corrected chi connectivity index (χ1v) is 7.45. The van der Waals surface area contributed by atoms with Crippen molar-refractivity contribution in [1.82, 2.24) is 0 Å². The van der Waals surface area contributed by atoms with E-state index in [1.807, 2.05) is 43.3 Å². The number of hydrogen-bond acceptors (Lipinski definition) is 2. The topological polar surface area (TPSA) is 52.3 Å². The molecule has 0 aliphatic heterocycles. The summed E-state index contributed by atoms with van der Waals surface area (Å²) in [5.41, 5.74) is 8.89. The van der Waals surface area contributed by atoms with Crippen LogP contribution in [0.1, 0.15) is 15.9 Å². The number of benzene rings is 2. The van der Waals surface area contributed by atoms with Crippen LogP contribution in [0.3, 0.4) is 0 Å². The van der Waals surface area contributed by atoms with Crippen LogP contribution in [-0.2, 0) is 0 Å². The van der Waals surface area contributed by atoms with Gasteiger partial charge in [0, 0.05) is 5.33 Å². The van der Waals surface area contributed by atoms with Crippen molar-refractivity contribution in [3.8, 4) is 16.9 Å². The Hall–Kier alpha value is -1.81. The van der Waals surface area contributed by atoms with Crippen LogP contribution in [0.15, 0.2) is 42.5 Å². The minimum absolute atomic E-state index is 0.420. The number of primary amides is 1. The van der Waals surface area contributed by atoms with Crippen molar-refractivity contribution in [3.05, 3.63) is 53.6 Å². The largest absolute Gasteiger partial charge is 0.492 e. The van der Waals surface area contributed by atoms with Crippen molar-refractivity contribution in [1.29, 1.82) is 0 Å². The minimum atomic E-state index is -0.475. The fourth-order valence-corrected chi connectivity index (χ4v) is 2.30. The molecule has 0 atom stereocenters. The summed E-state index contributed by atoms with van der Waals surface area (Å²) in [5, 5.41) is 0.695. The SMILES string of the molecule is Cc1c(-c2ccccc2)ccc(C(N)=O)c1OCCBr. The van der Waals surface area contributed by atoms with Gasteiger partial charge in [-0.2, -0.15) is 0 Å². The highest BCUT2D eigenvalue weighted by Crippen LogP contribution is 2.33. The fourth-order valence-electron chi connectivity index (χ4n) is 2.14. The number of hydrogen-bond donors (Lipinski definition) is 1. The third-order valence-electron chi connectivity index (χ3n) is 3.08. The quantitative estimate of drug-likeness (QED) is 0.851. The molecule has 0 spiro atoms. The molecule has 0 heterocycles. The first-order valence-electron chi connectivity index (χ1n) is 6.32. The highest BCUT2D eigenvalue weighted by atomic mass is 79.9. The summed E-state index contributed by atoms with van der Waals surface area (Å²) in [6, 6.07) is 13.6. The molecule has 0 aliphatic carbocycles. The Kier molecular flexibility index (Phi) is 4.79. The second-order valence-electron chi connectivity index (χ2n) is 4.38. The van der Waals surface area contributed by atoms with E-state index in [1.165, 1.54) is 0 Å². The molecule has 0 radical (unpaired) electrons. The van der Waals surface area contributed by atoms with E-state index in [0.717, 1.165) is 16.7 Å². The molecular weight excluding hydrogens is 318 g/mol. The number of nitrogens with two attached hydrogens (primary N) is 1. The first kappa shape index (κ1) is 14.6. The second-order valence-corrected chi connectivity index (χ2v) is 5.18. The van der Waals surface area contributed by atoms with E-state index in [1.54, 1.807) is 6.07 Å². The zero-order chi connectivity index (χ0) is 14.5. The predicted molar refractivity (Wildman–Crippen MR) is 84.4 cm³/mol. The van der Waals surface area contributed by atoms with Gasteiger partial charge in [0.1, 0.15) is 5.75 Å². The van der Waals surface area contributed by atoms with E-state index in [0.29, 0.717) is 23.2 Å². The molecule has 2 rings (SSSR count). The zero-order valence-corrected chi connectivity index (χ0v) is 12.8. The van der Waals surface area contributed by atoms with E-state index in [-0.39, 0.29) is 0 Å². The van der Waals surface area contributed by atoms with Crippen LogP contribution < -0.4 is 10.5 Å². The van der Waals surface area contributed by atoms with E-state index >= 15 is 0 Å². The Bertz CT molecular complexity index is 611. The van der Waals surface area contributed by atoms with E-state index < -0.39 is 5.91 Å². The summed E-state index contributed by atoms with van der Waals surface area (Å²) < 4.78 is 5.69. The normalized spacial score (nSPS) is 10.3. The van der Waals surface area contributed by atoms with E-state index in [4.69, 9.17) is 10.5 Å². The maximum absolute atomic E-state index is 11.5. The monoisotopic (exact) mass is 333 g/mol. The molecule has 104 valence electrons. The number of ether oxygens (including phenoxy) is 1. The van der Waals surface area contributed by atoms with Gasteiger partial charge in [0.05, 0.1) is 12.2 Å². The Labute approximate surface area is 126 Å². The van der Waals surface area contributed by atoms with Crippen LogP contribution in [0, 0.1) is 6.92 Å². The summed E-state index contributed by atoms with van der Waals surface area (Å²) in [4.78, 5) is 11.5. The summed E-state index contributed by atoms with van der Waals surface area (Å²) in [7, 11) is 0. The lowest BCUT2D eigenvalue weighted by Gasteiger charge is -2.15. The molecule has 0 unspecified atom stereocenters. The molecule has 4 heteroatoms. The smallest absolute Gasteiger partial charge is 0.252 e. The van der Waals surface area contributed by atoms with Crippen LogP contribution in [0.25, 0.3) is 11.1 Å². The molecule has 0 bridgehead atoms. The highest BCUT2D eigenvalue weighted by Gasteiger charge is 2.15. The van der Waals surface area contributed by atoms with Crippen molar-refractivity contribution >= 4 is 21.8 Å². The number of halogens is 1. The van der Waals surface area contributed by atoms with Crippen molar-refractivity contribution in [2.75, 3.05) is 11.9 Å². The van der Waals surface area contributed by atoms with Gasteiger partial charge in [-0.15, -0.1) is 0 Å². The van der Waals surface area contributed by atoms with Gasteiger partial charge in [-0.1, -0.05) is 52.3 Å². The standard InChI is InChI=1S/C16H16BrNO2/c1-11-13(12-5-3-2-4-6-12)7-8-14(16(18)19)15(11)20-10-9-17/h2-8H,9-10H2,1H3,(H2,18,19). The fraction of sp³-hybridized carbons (Fsp3) is 0.188. The van der Waals surface area contributed by atoms with Crippen molar-refractivity contribution in [3.63, 3.8) is 0 Å². The Balaban J connectivity index is 2.54. The lowest BCUT2D eigenvalue weighted by molar-refractivity contribution is 0.0996. The maximum Gasteiger partial charge on any atom is 0.252 e. The average molecular weight is 334 g/mol. The summed E-state index contributed by atoms with van der Waals surface area (Å²) in [6.07, 6.45) is 0. The molecule has 1 amide bonds. The molecule has 0 saturated carbocycles. The molecule has 0 aliphatic rings. The highest BCUT2D eigenvalue weighted by molar-refractivity contribution is 9.09. The lowest BCUT2D eigenvalue weighted by Crippen LogP contribution is -2.14. The van der Waals surface area contributed by atoms with Gasteiger partial charge in [0.25, 0.3) is 5.91 Å².